The molecule has 1 heterocycles. The van der Waals surface area contributed by atoms with E-state index in [4.69, 9.17) is 4.74 Å². The van der Waals surface area contributed by atoms with E-state index >= 15 is 0 Å². The third-order valence-corrected chi connectivity index (χ3v) is 7.25. The fraction of sp³-hybridized carbons (Fsp3) is 0.452. The number of para-hydroxylation sites is 1. The van der Waals surface area contributed by atoms with Gasteiger partial charge >= 0.3 is 0 Å². The summed E-state index contributed by atoms with van der Waals surface area (Å²) in [6.07, 6.45) is 4.79. The Hall–Kier alpha value is -3.69. The maximum atomic E-state index is 13.7. The van der Waals surface area contributed by atoms with Gasteiger partial charge in [-0.15, -0.1) is 0 Å². The summed E-state index contributed by atoms with van der Waals surface area (Å²) in [6.45, 7) is 4.73. The molecule has 0 saturated heterocycles. The molecule has 0 aliphatic carbocycles. The van der Waals surface area contributed by atoms with Gasteiger partial charge in [0.05, 0.1) is 6.04 Å². The van der Waals surface area contributed by atoms with Crippen molar-refractivity contribution >= 4 is 23.8 Å². The maximum absolute atomic E-state index is 13.7. The molecule has 216 valence electrons. The quantitative estimate of drug-likeness (QED) is 0.438. The third-order valence-electron chi connectivity index (χ3n) is 7.25. The minimum atomic E-state index is -0.946. The van der Waals surface area contributed by atoms with Crippen LogP contribution in [0.5, 0.6) is 5.75 Å². The van der Waals surface area contributed by atoms with Gasteiger partial charge in [0.2, 0.25) is 17.7 Å². The summed E-state index contributed by atoms with van der Waals surface area (Å²) in [5.74, 6) is -0.392. The molecule has 2 aromatic carbocycles. The second-order valence-corrected chi connectivity index (χ2v) is 10.1. The maximum Gasteiger partial charge on any atom is 0.243 e. The highest BCUT2D eigenvalue weighted by atomic mass is 16.5. The van der Waals surface area contributed by atoms with Crippen molar-refractivity contribution in [1.82, 2.24) is 20.9 Å². The molecule has 2 aromatic rings. The highest BCUT2D eigenvalue weighted by molar-refractivity contribution is 5.93. The fourth-order valence-corrected chi connectivity index (χ4v) is 4.68. The molecule has 0 spiro atoms. The van der Waals surface area contributed by atoms with E-state index in [-0.39, 0.29) is 43.7 Å². The summed E-state index contributed by atoms with van der Waals surface area (Å²) >= 11 is 0. The van der Waals surface area contributed by atoms with Gasteiger partial charge in [-0.25, -0.2) is 0 Å². The number of aliphatic hydroxyl groups excluding tert-OH is 1. The van der Waals surface area contributed by atoms with Crippen LogP contribution in [0.15, 0.2) is 60.7 Å². The van der Waals surface area contributed by atoms with Gasteiger partial charge in [0, 0.05) is 38.7 Å². The number of carbonyl (C=O) groups excluding carboxylic acids is 3. The lowest BCUT2D eigenvalue weighted by Gasteiger charge is -2.33. The van der Waals surface area contributed by atoms with Gasteiger partial charge < -0.3 is 30.7 Å². The predicted molar refractivity (Wildman–Crippen MR) is 156 cm³/mol. The number of rotatable bonds is 6. The molecule has 0 aromatic heterocycles. The molecule has 4 N–H and O–H groups in total. The summed E-state index contributed by atoms with van der Waals surface area (Å²) in [4.78, 5) is 41.9. The molecule has 3 amide bonds. The zero-order chi connectivity index (χ0) is 28.9. The topological polar surface area (TPSA) is 120 Å². The van der Waals surface area contributed by atoms with Crippen molar-refractivity contribution < 1.29 is 24.2 Å². The van der Waals surface area contributed by atoms with E-state index in [2.05, 4.69) is 16.0 Å². The molecule has 1 aliphatic heterocycles. The number of amides is 3. The molecular formula is C31H42N4O5. The SMILES string of the molecule is CCC(C)[C@@H]1NCCOc2ccccc2/C=C/CNC(=O)[C@@H](Cc2ccccc2)NC(=O)[C@H](CCO)N(C)C1=O. The monoisotopic (exact) mass is 550 g/mol. The van der Waals surface area contributed by atoms with E-state index < -0.39 is 24.0 Å². The molecule has 9 heteroatoms. The first-order chi connectivity index (χ1) is 19.3. The van der Waals surface area contributed by atoms with Crippen molar-refractivity contribution in [3.05, 3.63) is 71.8 Å². The number of nitrogens with one attached hydrogen (secondary N) is 3. The Morgan fingerprint density at radius 2 is 1.77 bits per heavy atom. The van der Waals surface area contributed by atoms with Gasteiger partial charge in [0.1, 0.15) is 24.4 Å². The van der Waals surface area contributed by atoms with Gasteiger partial charge in [0.25, 0.3) is 0 Å². The Balaban J connectivity index is 1.94. The van der Waals surface area contributed by atoms with Crippen LogP contribution in [0.1, 0.15) is 37.8 Å². The Labute approximate surface area is 237 Å². The summed E-state index contributed by atoms with van der Waals surface area (Å²) < 4.78 is 6.01. The number of aliphatic hydroxyl groups is 1. The number of likely N-dealkylation sites (N-methyl/N-ethyl adjacent to an activating group) is 1. The van der Waals surface area contributed by atoms with Gasteiger partial charge in [-0.3, -0.25) is 14.4 Å². The Bertz CT molecular complexity index is 1140. The molecule has 0 radical (unpaired) electrons. The first kappa shape index (κ1) is 30.8. The lowest BCUT2D eigenvalue weighted by atomic mass is 9.96. The average molecular weight is 551 g/mol. The zero-order valence-corrected chi connectivity index (χ0v) is 23.6. The lowest BCUT2D eigenvalue weighted by Crippen LogP contribution is -2.58. The van der Waals surface area contributed by atoms with Crippen LogP contribution in [0.3, 0.4) is 0 Å². The van der Waals surface area contributed by atoms with E-state index in [9.17, 15) is 19.5 Å². The van der Waals surface area contributed by atoms with E-state index in [1.54, 1.807) is 7.05 Å². The van der Waals surface area contributed by atoms with Gasteiger partial charge in [0.15, 0.2) is 0 Å². The van der Waals surface area contributed by atoms with Crippen LogP contribution in [0.25, 0.3) is 6.08 Å². The van der Waals surface area contributed by atoms with Crippen molar-refractivity contribution in [2.75, 3.05) is 33.4 Å². The molecule has 0 fully saturated rings. The van der Waals surface area contributed by atoms with Crippen LogP contribution in [0.4, 0.5) is 0 Å². The minimum absolute atomic E-state index is 0.00906. The van der Waals surface area contributed by atoms with Crippen LogP contribution < -0.4 is 20.7 Å². The van der Waals surface area contributed by atoms with E-state index in [0.717, 1.165) is 17.5 Å². The number of hydrogen-bond donors (Lipinski definition) is 4. The third kappa shape index (κ3) is 8.66. The van der Waals surface area contributed by atoms with Gasteiger partial charge in [-0.1, -0.05) is 81.0 Å². The van der Waals surface area contributed by atoms with Crippen molar-refractivity contribution in [1.29, 1.82) is 0 Å². The highest BCUT2D eigenvalue weighted by Gasteiger charge is 2.34. The van der Waals surface area contributed by atoms with Crippen LogP contribution in [-0.2, 0) is 20.8 Å². The lowest BCUT2D eigenvalue weighted by molar-refractivity contribution is -0.142. The van der Waals surface area contributed by atoms with E-state index in [1.807, 2.05) is 80.6 Å². The van der Waals surface area contributed by atoms with Crippen molar-refractivity contribution in [2.24, 2.45) is 5.92 Å². The van der Waals surface area contributed by atoms with Crippen LogP contribution in [0.2, 0.25) is 0 Å². The number of carbonyl (C=O) groups is 3. The predicted octanol–water partition coefficient (Wildman–Crippen LogP) is 2.15. The smallest absolute Gasteiger partial charge is 0.243 e. The van der Waals surface area contributed by atoms with Crippen molar-refractivity contribution in [3.8, 4) is 5.75 Å². The van der Waals surface area contributed by atoms with Crippen molar-refractivity contribution in [3.63, 3.8) is 0 Å². The van der Waals surface area contributed by atoms with Crippen molar-refractivity contribution in [2.45, 2.75) is 51.2 Å². The number of nitrogens with zero attached hydrogens (tertiary/aromatic N) is 1. The van der Waals surface area contributed by atoms with Crippen LogP contribution in [0, 0.1) is 5.92 Å². The zero-order valence-electron chi connectivity index (χ0n) is 23.6. The minimum Gasteiger partial charge on any atom is -0.492 e. The molecule has 0 saturated carbocycles. The normalized spacial score (nSPS) is 23.1. The molecule has 1 unspecified atom stereocenters. The molecule has 4 atom stereocenters. The average Bonchev–Trinajstić information content (AvgIpc) is 2.97. The highest BCUT2D eigenvalue weighted by Crippen LogP contribution is 2.20. The first-order valence-corrected chi connectivity index (χ1v) is 14.0. The van der Waals surface area contributed by atoms with Crippen LogP contribution in [-0.4, -0.2) is 79.2 Å². The molecule has 40 heavy (non-hydrogen) atoms. The summed E-state index contributed by atoms with van der Waals surface area (Å²) in [7, 11) is 1.57. The molecule has 3 rings (SSSR count). The number of fused-ring (bicyclic) bond motifs is 1. The molecular weight excluding hydrogens is 508 g/mol. The Morgan fingerprint density at radius 3 is 2.50 bits per heavy atom. The summed E-state index contributed by atoms with van der Waals surface area (Å²) in [5, 5.41) is 18.8. The first-order valence-electron chi connectivity index (χ1n) is 14.0. The van der Waals surface area contributed by atoms with E-state index in [1.165, 1.54) is 4.90 Å². The number of ether oxygens (including phenoxy) is 1. The standard InChI is InChI=1S/C31H42N4O5/c1-4-22(2)28-31(39)35(3)26(16-19-36)30(38)34-25(21-23-11-6-5-7-12-23)29(37)33-17-10-14-24-13-8-9-15-27(24)40-20-18-32-28/h5-15,22,25-26,28,32,36H,4,16-21H2,1-3H3,(H,33,37)(H,34,38)/b14-10+/t22?,25-,26+,28+/m1/s1. The van der Waals surface area contributed by atoms with Gasteiger partial charge in [-0.2, -0.15) is 0 Å². The molecule has 9 nitrogen and oxygen atoms in total. The number of hydrogen-bond acceptors (Lipinski definition) is 6. The number of benzene rings is 2. The second kappa shape index (κ2) is 15.8. The van der Waals surface area contributed by atoms with Gasteiger partial charge in [-0.05, 0) is 24.0 Å². The largest absolute Gasteiger partial charge is 0.492 e. The Kier molecular flexibility index (Phi) is 12.2. The van der Waals surface area contributed by atoms with E-state index in [0.29, 0.717) is 18.9 Å². The second-order valence-electron chi connectivity index (χ2n) is 10.1. The summed E-state index contributed by atoms with van der Waals surface area (Å²) in [5.41, 5.74) is 1.75. The fourth-order valence-electron chi connectivity index (χ4n) is 4.68. The van der Waals surface area contributed by atoms with Crippen LogP contribution >= 0.6 is 0 Å². The molecule has 1 aliphatic rings. The Morgan fingerprint density at radius 1 is 1.05 bits per heavy atom. The summed E-state index contributed by atoms with van der Waals surface area (Å²) in [6, 6.07) is 14.7. The molecule has 0 bridgehead atoms.